The molecule has 0 heterocycles. The average molecular weight is 650 g/mol. The quantitative estimate of drug-likeness (QED) is 0.150. The van der Waals surface area contributed by atoms with Crippen molar-refractivity contribution >= 4 is 75.1 Å². The molecule has 3 rings (SSSR count). The number of carbonyl (C=O) groups is 2. The molecule has 0 fully saturated rings. The molecule has 190 valence electrons. The van der Waals surface area contributed by atoms with Gasteiger partial charge in [-0.2, -0.15) is 5.26 Å². The van der Waals surface area contributed by atoms with Crippen LogP contribution in [-0.2, 0) is 9.59 Å². The van der Waals surface area contributed by atoms with Gasteiger partial charge < -0.3 is 20.1 Å². The van der Waals surface area contributed by atoms with Crippen LogP contribution in [0.4, 0.5) is 11.4 Å². The summed E-state index contributed by atoms with van der Waals surface area (Å²) in [6.45, 7) is 3.76. The molecule has 0 unspecified atom stereocenters. The standard InChI is InChI=1S/C27H22Cl2IN3O4/c1-3-36-24-11-17(9-18(14-31)27(35)33-20-6-4-5-19(28)12-20)10-23(30)26(24)37-15-25(34)32-21-8-7-16(2)22(29)13-21/h4-13H,3,15H2,1-2H3,(H,32,34)(H,33,35)/b18-9-. The summed E-state index contributed by atoms with van der Waals surface area (Å²) in [4.78, 5) is 25.1. The highest BCUT2D eigenvalue weighted by Crippen LogP contribution is 2.35. The molecule has 0 spiro atoms. The van der Waals surface area contributed by atoms with Crippen LogP contribution in [-0.4, -0.2) is 25.0 Å². The third kappa shape index (κ3) is 8.12. The fraction of sp³-hybridized carbons (Fsp3) is 0.148. The zero-order chi connectivity index (χ0) is 26.9. The Hall–Kier alpha value is -3.26. The number of rotatable bonds is 9. The summed E-state index contributed by atoms with van der Waals surface area (Å²) in [5.74, 6) is -0.199. The number of nitriles is 1. The topological polar surface area (TPSA) is 100 Å². The van der Waals surface area contributed by atoms with Crippen LogP contribution < -0.4 is 20.1 Å². The predicted molar refractivity (Wildman–Crippen MR) is 154 cm³/mol. The third-order valence-corrected chi connectivity index (χ3v) is 6.34. The monoisotopic (exact) mass is 649 g/mol. The Labute approximate surface area is 238 Å². The lowest BCUT2D eigenvalue weighted by molar-refractivity contribution is -0.118. The Morgan fingerprint density at radius 1 is 1.05 bits per heavy atom. The molecular weight excluding hydrogens is 628 g/mol. The van der Waals surface area contributed by atoms with Gasteiger partial charge in [0.25, 0.3) is 11.8 Å². The zero-order valence-electron chi connectivity index (χ0n) is 19.9. The number of hydrogen-bond acceptors (Lipinski definition) is 5. The van der Waals surface area contributed by atoms with E-state index in [-0.39, 0.29) is 18.1 Å². The van der Waals surface area contributed by atoms with E-state index in [0.29, 0.717) is 48.7 Å². The lowest BCUT2D eigenvalue weighted by Gasteiger charge is -2.15. The molecule has 0 saturated carbocycles. The van der Waals surface area contributed by atoms with E-state index in [1.54, 1.807) is 48.5 Å². The third-order valence-electron chi connectivity index (χ3n) is 4.89. The smallest absolute Gasteiger partial charge is 0.266 e. The lowest BCUT2D eigenvalue weighted by Crippen LogP contribution is -2.20. The van der Waals surface area contributed by atoms with Crippen molar-refractivity contribution in [3.63, 3.8) is 0 Å². The number of nitrogens with one attached hydrogen (secondary N) is 2. The maximum Gasteiger partial charge on any atom is 0.266 e. The van der Waals surface area contributed by atoms with Crippen LogP contribution in [0.3, 0.4) is 0 Å². The molecule has 0 saturated heterocycles. The van der Waals surface area contributed by atoms with Crippen molar-refractivity contribution < 1.29 is 19.1 Å². The summed E-state index contributed by atoms with van der Waals surface area (Å²) in [5.41, 5.74) is 2.38. The van der Waals surface area contributed by atoms with E-state index >= 15 is 0 Å². The van der Waals surface area contributed by atoms with Gasteiger partial charge in [-0.05, 0) is 96.1 Å². The van der Waals surface area contributed by atoms with Crippen molar-refractivity contribution in [2.75, 3.05) is 23.8 Å². The minimum absolute atomic E-state index is 0.108. The van der Waals surface area contributed by atoms with Gasteiger partial charge in [-0.15, -0.1) is 0 Å². The van der Waals surface area contributed by atoms with Gasteiger partial charge in [0.1, 0.15) is 11.6 Å². The number of halogens is 3. The summed E-state index contributed by atoms with van der Waals surface area (Å²) in [7, 11) is 0. The maximum atomic E-state index is 12.6. The average Bonchev–Trinajstić information content (AvgIpc) is 2.84. The molecule has 3 aromatic rings. The second kappa shape index (κ2) is 13.3. The van der Waals surface area contributed by atoms with E-state index in [2.05, 4.69) is 10.6 Å². The van der Waals surface area contributed by atoms with Crippen molar-refractivity contribution in [3.8, 4) is 17.6 Å². The van der Waals surface area contributed by atoms with Crippen molar-refractivity contribution in [1.82, 2.24) is 0 Å². The van der Waals surface area contributed by atoms with Crippen molar-refractivity contribution in [3.05, 3.63) is 84.9 Å². The number of ether oxygens (including phenoxy) is 2. The molecule has 0 aliphatic carbocycles. The van der Waals surface area contributed by atoms with Crippen LogP contribution in [0.25, 0.3) is 6.08 Å². The summed E-state index contributed by atoms with van der Waals surface area (Å²) in [6.07, 6.45) is 1.45. The van der Waals surface area contributed by atoms with Crippen LogP contribution in [0.1, 0.15) is 18.1 Å². The summed E-state index contributed by atoms with van der Waals surface area (Å²) < 4.78 is 12.1. The highest BCUT2D eigenvalue weighted by Gasteiger charge is 2.16. The van der Waals surface area contributed by atoms with Crippen LogP contribution in [0.2, 0.25) is 10.0 Å². The van der Waals surface area contributed by atoms with Gasteiger partial charge >= 0.3 is 0 Å². The maximum absolute atomic E-state index is 12.6. The molecule has 7 nitrogen and oxygen atoms in total. The molecule has 2 N–H and O–H groups in total. The largest absolute Gasteiger partial charge is 0.490 e. The van der Waals surface area contributed by atoms with Crippen molar-refractivity contribution in [2.45, 2.75) is 13.8 Å². The van der Waals surface area contributed by atoms with E-state index in [9.17, 15) is 14.9 Å². The fourth-order valence-electron chi connectivity index (χ4n) is 3.16. The number of amides is 2. The van der Waals surface area contributed by atoms with Crippen LogP contribution >= 0.6 is 45.8 Å². The molecule has 3 aromatic carbocycles. The molecule has 37 heavy (non-hydrogen) atoms. The van der Waals surface area contributed by atoms with Crippen molar-refractivity contribution in [2.24, 2.45) is 0 Å². The Balaban J connectivity index is 1.77. The lowest BCUT2D eigenvalue weighted by atomic mass is 10.1. The number of carbonyl (C=O) groups excluding carboxylic acids is 2. The van der Waals surface area contributed by atoms with E-state index < -0.39 is 5.91 Å². The molecule has 10 heteroatoms. The molecule has 2 amide bonds. The van der Waals surface area contributed by atoms with E-state index in [1.165, 1.54) is 6.08 Å². The van der Waals surface area contributed by atoms with E-state index in [1.807, 2.05) is 48.6 Å². The second-order valence-electron chi connectivity index (χ2n) is 7.70. The first kappa shape index (κ1) is 28.3. The van der Waals surface area contributed by atoms with Gasteiger partial charge in [-0.3, -0.25) is 9.59 Å². The normalized spacial score (nSPS) is 10.9. The Morgan fingerprint density at radius 2 is 1.81 bits per heavy atom. The van der Waals surface area contributed by atoms with Crippen LogP contribution in [0.5, 0.6) is 11.5 Å². The number of benzene rings is 3. The minimum Gasteiger partial charge on any atom is -0.490 e. The molecule has 0 atom stereocenters. The van der Waals surface area contributed by atoms with Gasteiger partial charge in [0, 0.05) is 21.4 Å². The Kier molecular flexibility index (Phi) is 10.2. The van der Waals surface area contributed by atoms with Gasteiger partial charge in [0.05, 0.1) is 10.2 Å². The Morgan fingerprint density at radius 3 is 2.49 bits per heavy atom. The van der Waals surface area contributed by atoms with Crippen LogP contribution in [0, 0.1) is 21.8 Å². The number of nitrogens with zero attached hydrogens (tertiary/aromatic N) is 1. The van der Waals surface area contributed by atoms with E-state index in [4.69, 9.17) is 32.7 Å². The number of aryl methyl sites for hydroxylation is 1. The molecule has 0 aliphatic heterocycles. The first-order valence-corrected chi connectivity index (χ1v) is 12.9. The molecule has 0 aromatic heterocycles. The van der Waals surface area contributed by atoms with Gasteiger partial charge in [0.2, 0.25) is 0 Å². The molecule has 0 bridgehead atoms. The fourth-order valence-corrected chi connectivity index (χ4v) is 4.31. The van der Waals surface area contributed by atoms with E-state index in [0.717, 1.165) is 5.56 Å². The summed E-state index contributed by atoms with van der Waals surface area (Å²) >= 11 is 14.1. The molecular formula is C27H22Cl2IN3O4. The first-order chi connectivity index (χ1) is 17.7. The molecule has 0 radical (unpaired) electrons. The highest BCUT2D eigenvalue weighted by molar-refractivity contribution is 14.1. The zero-order valence-corrected chi connectivity index (χ0v) is 23.6. The summed E-state index contributed by atoms with van der Waals surface area (Å²) in [6, 6.07) is 17.1. The Bertz CT molecular complexity index is 1400. The van der Waals surface area contributed by atoms with Crippen LogP contribution in [0.15, 0.2) is 60.2 Å². The number of hydrogen-bond donors (Lipinski definition) is 2. The SMILES string of the molecule is CCOc1cc(/C=C(/C#N)C(=O)Nc2cccc(Cl)c2)cc(I)c1OCC(=O)Nc1ccc(C)c(Cl)c1. The molecule has 0 aliphatic rings. The van der Waals surface area contributed by atoms with Gasteiger partial charge in [-0.25, -0.2) is 0 Å². The van der Waals surface area contributed by atoms with Gasteiger partial charge in [-0.1, -0.05) is 35.3 Å². The van der Waals surface area contributed by atoms with Crippen molar-refractivity contribution in [1.29, 1.82) is 5.26 Å². The number of anilines is 2. The first-order valence-electron chi connectivity index (χ1n) is 11.0. The second-order valence-corrected chi connectivity index (χ2v) is 9.70. The summed E-state index contributed by atoms with van der Waals surface area (Å²) in [5, 5.41) is 16.0. The minimum atomic E-state index is -0.578. The highest BCUT2D eigenvalue weighted by atomic mass is 127. The van der Waals surface area contributed by atoms with Gasteiger partial charge in [0.15, 0.2) is 18.1 Å². The predicted octanol–water partition coefficient (Wildman–Crippen LogP) is 6.87.